The maximum absolute atomic E-state index is 6.04. The summed E-state index contributed by atoms with van der Waals surface area (Å²) in [6.07, 6.45) is 8.64. The van der Waals surface area contributed by atoms with Crippen LogP contribution >= 0.6 is 24.0 Å². The summed E-state index contributed by atoms with van der Waals surface area (Å²) in [6, 6.07) is 0.466. The summed E-state index contributed by atoms with van der Waals surface area (Å²) in [6.45, 7) is 8.05. The number of aromatic nitrogens is 2. The third-order valence-electron chi connectivity index (χ3n) is 6.68. The number of nitrogens with one attached hydrogen (secondary N) is 2. The SMILES string of the molecule is CCOC1CC(NC(=NC)NCc2c(CC)nn(C)c2CC)C12CCCC2.I. The summed E-state index contributed by atoms with van der Waals surface area (Å²) in [4.78, 5) is 4.49. The molecule has 2 saturated carbocycles. The molecule has 0 bridgehead atoms. The Morgan fingerprint density at radius 1 is 1.25 bits per heavy atom. The number of ether oxygens (including phenoxy) is 1. The number of hydrogen-bond acceptors (Lipinski definition) is 3. The van der Waals surface area contributed by atoms with E-state index >= 15 is 0 Å². The Morgan fingerprint density at radius 2 is 1.96 bits per heavy atom. The van der Waals surface area contributed by atoms with Crippen LogP contribution in [-0.2, 0) is 31.2 Å². The van der Waals surface area contributed by atoms with Gasteiger partial charge in [0.2, 0.25) is 0 Å². The molecule has 3 rings (SSSR count). The Kier molecular flexibility index (Phi) is 8.60. The first-order valence-corrected chi connectivity index (χ1v) is 10.7. The van der Waals surface area contributed by atoms with Crippen LogP contribution in [0.2, 0.25) is 0 Å². The highest BCUT2D eigenvalue weighted by molar-refractivity contribution is 14.0. The third-order valence-corrected chi connectivity index (χ3v) is 6.68. The topological polar surface area (TPSA) is 63.5 Å². The smallest absolute Gasteiger partial charge is 0.191 e. The number of nitrogens with zero attached hydrogens (tertiary/aromatic N) is 3. The number of aliphatic imine (C=N–C) groups is 1. The first-order valence-electron chi connectivity index (χ1n) is 10.7. The van der Waals surface area contributed by atoms with Gasteiger partial charge in [-0.1, -0.05) is 26.7 Å². The second kappa shape index (κ2) is 10.3. The largest absolute Gasteiger partial charge is 0.378 e. The molecule has 0 saturated heterocycles. The van der Waals surface area contributed by atoms with Crippen molar-refractivity contribution in [1.82, 2.24) is 20.4 Å². The van der Waals surface area contributed by atoms with Crippen LogP contribution in [0.1, 0.15) is 69.8 Å². The molecule has 160 valence electrons. The van der Waals surface area contributed by atoms with E-state index < -0.39 is 0 Å². The maximum Gasteiger partial charge on any atom is 0.191 e. The molecule has 1 aromatic heterocycles. The predicted octanol–water partition coefficient (Wildman–Crippen LogP) is 3.57. The molecular formula is C21H38IN5O. The molecular weight excluding hydrogens is 465 g/mol. The molecule has 0 aliphatic heterocycles. The molecule has 1 heterocycles. The second-order valence-corrected chi connectivity index (χ2v) is 7.95. The zero-order valence-electron chi connectivity index (χ0n) is 18.2. The zero-order chi connectivity index (χ0) is 19.4. The quantitative estimate of drug-likeness (QED) is 0.340. The number of rotatable bonds is 7. The van der Waals surface area contributed by atoms with Crippen molar-refractivity contribution in [2.24, 2.45) is 17.5 Å². The molecule has 2 aliphatic rings. The minimum absolute atomic E-state index is 0. The standard InChI is InChI=1S/C21H37N5O.HI/c1-6-16-15(17(7-2)26(5)25-16)14-23-20(22-4)24-18-13-19(27-8-3)21(18)11-9-10-12-21;/h18-19H,6-14H2,1-5H3,(H2,22,23,24);1H. The van der Waals surface area contributed by atoms with Crippen molar-refractivity contribution >= 4 is 29.9 Å². The minimum atomic E-state index is 0. The lowest BCUT2D eigenvalue weighted by Gasteiger charge is -2.54. The number of hydrogen-bond donors (Lipinski definition) is 2. The molecule has 0 aromatic carbocycles. The predicted molar refractivity (Wildman–Crippen MR) is 125 cm³/mol. The lowest BCUT2D eigenvalue weighted by atomic mass is 9.60. The molecule has 1 spiro atoms. The van der Waals surface area contributed by atoms with E-state index in [1.54, 1.807) is 0 Å². The molecule has 2 fully saturated rings. The Labute approximate surface area is 187 Å². The maximum atomic E-state index is 6.04. The molecule has 7 heteroatoms. The molecule has 2 unspecified atom stereocenters. The monoisotopic (exact) mass is 503 g/mol. The highest BCUT2D eigenvalue weighted by Gasteiger charge is 2.56. The average molecular weight is 503 g/mol. The van der Waals surface area contributed by atoms with Crippen molar-refractivity contribution in [3.63, 3.8) is 0 Å². The zero-order valence-corrected chi connectivity index (χ0v) is 20.5. The molecule has 2 atom stereocenters. The van der Waals surface area contributed by atoms with E-state index in [1.807, 2.05) is 18.8 Å². The molecule has 1 aromatic rings. The first kappa shape index (κ1) is 23.4. The Balaban J connectivity index is 0.00000280. The molecule has 28 heavy (non-hydrogen) atoms. The number of guanidine groups is 1. The molecule has 6 nitrogen and oxygen atoms in total. The molecule has 0 radical (unpaired) electrons. The van der Waals surface area contributed by atoms with Gasteiger partial charge in [-0.2, -0.15) is 5.10 Å². The van der Waals surface area contributed by atoms with Gasteiger partial charge in [0.1, 0.15) is 0 Å². The van der Waals surface area contributed by atoms with E-state index in [4.69, 9.17) is 4.74 Å². The van der Waals surface area contributed by atoms with Crippen molar-refractivity contribution < 1.29 is 4.74 Å². The van der Waals surface area contributed by atoms with Crippen LogP contribution in [0, 0.1) is 5.41 Å². The normalized spacial score (nSPS) is 23.4. The molecule has 0 amide bonds. The first-order chi connectivity index (χ1) is 13.1. The Bertz CT molecular complexity index is 666. The van der Waals surface area contributed by atoms with Gasteiger partial charge in [-0.05, 0) is 39.0 Å². The van der Waals surface area contributed by atoms with E-state index in [2.05, 4.69) is 41.5 Å². The van der Waals surface area contributed by atoms with E-state index in [1.165, 1.54) is 42.6 Å². The van der Waals surface area contributed by atoms with Crippen molar-refractivity contribution in [3.8, 4) is 0 Å². The molecule has 2 N–H and O–H groups in total. The van der Waals surface area contributed by atoms with E-state index in [0.717, 1.165) is 38.4 Å². The van der Waals surface area contributed by atoms with Crippen LogP contribution in [0.15, 0.2) is 4.99 Å². The lowest BCUT2D eigenvalue weighted by molar-refractivity contribution is -0.125. The number of halogens is 1. The van der Waals surface area contributed by atoms with Gasteiger partial charge in [-0.3, -0.25) is 9.67 Å². The summed E-state index contributed by atoms with van der Waals surface area (Å²) in [5.41, 5.74) is 4.12. The fraction of sp³-hybridized carbons (Fsp3) is 0.810. The van der Waals surface area contributed by atoms with Gasteiger partial charge in [0.05, 0.1) is 11.8 Å². The second-order valence-electron chi connectivity index (χ2n) is 7.95. The van der Waals surface area contributed by atoms with Crippen molar-refractivity contribution in [2.45, 2.75) is 84.4 Å². The van der Waals surface area contributed by atoms with E-state index in [9.17, 15) is 0 Å². The average Bonchev–Trinajstić information content (AvgIpc) is 3.29. The van der Waals surface area contributed by atoms with Crippen LogP contribution in [-0.4, -0.2) is 41.5 Å². The van der Waals surface area contributed by atoms with Gasteiger partial charge in [0.15, 0.2) is 5.96 Å². The van der Waals surface area contributed by atoms with Crippen molar-refractivity contribution in [3.05, 3.63) is 17.0 Å². The highest BCUT2D eigenvalue weighted by Crippen LogP contribution is 2.54. The third kappa shape index (κ3) is 4.35. The van der Waals surface area contributed by atoms with Crippen LogP contribution in [0.4, 0.5) is 0 Å². The minimum Gasteiger partial charge on any atom is -0.378 e. The van der Waals surface area contributed by atoms with Crippen LogP contribution in [0.25, 0.3) is 0 Å². The van der Waals surface area contributed by atoms with Gasteiger partial charge in [0.25, 0.3) is 0 Å². The summed E-state index contributed by atoms with van der Waals surface area (Å²) < 4.78 is 8.07. The van der Waals surface area contributed by atoms with Gasteiger partial charge in [0, 0.05) is 50.0 Å². The Hall–Kier alpha value is -0.830. The van der Waals surface area contributed by atoms with Crippen LogP contribution in [0.5, 0.6) is 0 Å². The van der Waals surface area contributed by atoms with Gasteiger partial charge in [-0.15, -0.1) is 24.0 Å². The number of aryl methyl sites for hydroxylation is 2. The van der Waals surface area contributed by atoms with Crippen LogP contribution < -0.4 is 10.6 Å². The summed E-state index contributed by atoms with van der Waals surface area (Å²) in [5.74, 6) is 0.897. The van der Waals surface area contributed by atoms with Gasteiger partial charge >= 0.3 is 0 Å². The molecule has 2 aliphatic carbocycles. The van der Waals surface area contributed by atoms with Crippen molar-refractivity contribution in [1.29, 1.82) is 0 Å². The highest BCUT2D eigenvalue weighted by atomic mass is 127. The van der Waals surface area contributed by atoms with E-state index in [0.29, 0.717) is 17.6 Å². The summed E-state index contributed by atoms with van der Waals surface area (Å²) in [7, 11) is 3.90. The fourth-order valence-corrected chi connectivity index (χ4v) is 5.21. The van der Waals surface area contributed by atoms with Crippen molar-refractivity contribution in [2.75, 3.05) is 13.7 Å². The van der Waals surface area contributed by atoms with E-state index in [-0.39, 0.29) is 24.0 Å². The van der Waals surface area contributed by atoms with Gasteiger partial charge in [-0.25, -0.2) is 0 Å². The van der Waals surface area contributed by atoms with Gasteiger partial charge < -0.3 is 15.4 Å². The van der Waals surface area contributed by atoms with Crippen LogP contribution in [0.3, 0.4) is 0 Å². The summed E-state index contributed by atoms with van der Waals surface area (Å²) in [5, 5.41) is 11.9. The fourth-order valence-electron chi connectivity index (χ4n) is 5.21. The lowest BCUT2D eigenvalue weighted by Crippen LogP contribution is -2.65. The summed E-state index contributed by atoms with van der Waals surface area (Å²) >= 11 is 0. The Morgan fingerprint density at radius 3 is 2.54 bits per heavy atom.